The molecule has 0 aliphatic heterocycles. The van der Waals surface area contributed by atoms with Gasteiger partial charge in [-0.25, -0.2) is 4.79 Å². The van der Waals surface area contributed by atoms with E-state index in [0.717, 1.165) is 0 Å². The fourth-order valence-electron chi connectivity index (χ4n) is 1.51. The summed E-state index contributed by atoms with van der Waals surface area (Å²) in [5, 5.41) is 8.63. The molecule has 1 rings (SSSR count). The number of rotatable bonds is 3. The van der Waals surface area contributed by atoms with Crippen LogP contribution in [0.1, 0.15) is 21.5 Å². The second-order valence-corrected chi connectivity index (χ2v) is 3.27. The van der Waals surface area contributed by atoms with E-state index in [9.17, 15) is 9.59 Å². The van der Waals surface area contributed by atoms with Gasteiger partial charge in [0.1, 0.15) is 5.75 Å². The number of carbonyl (C=O) groups excluding carboxylic acids is 1. The summed E-state index contributed by atoms with van der Waals surface area (Å²) in [6.45, 7) is 3.37. The summed E-state index contributed by atoms with van der Waals surface area (Å²) in [5.41, 5.74) is 1.46. The first kappa shape index (κ1) is 11.2. The molecule has 0 atom stereocenters. The first-order valence-corrected chi connectivity index (χ1v) is 4.40. The first-order valence-electron chi connectivity index (χ1n) is 4.40. The minimum absolute atomic E-state index is 0.239. The Morgan fingerprint density at radius 1 is 1.20 bits per heavy atom. The van der Waals surface area contributed by atoms with E-state index in [1.54, 1.807) is 26.0 Å². The van der Waals surface area contributed by atoms with Crippen molar-refractivity contribution in [1.82, 2.24) is 0 Å². The zero-order valence-electron chi connectivity index (χ0n) is 8.83. The molecule has 1 aromatic rings. The third-order valence-corrected chi connectivity index (χ3v) is 2.16. The van der Waals surface area contributed by atoms with Crippen LogP contribution in [0.5, 0.6) is 5.75 Å². The van der Waals surface area contributed by atoms with Gasteiger partial charge in [-0.15, -0.1) is 0 Å². The van der Waals surface area contributed by atoms with Gasteiger partial charge in [-0.1, -0.05) is 0 Å². The molecule has 0 spiro atoms. The Balaban J connectivity index is 3.31. The highest BCUT2D eigenvalue weighted by Crippen LogP contribution is 2.21. The SMILES string of the molecule is COc1cc(C)c(C(=O)C(=O)O)c(C)c1. The van der Waals surface area contributed by atoms with Crippen LogP contribution in [0.2, 0.25) is 0 Å². The highest BCUT2D eigenvalue weighted by molar-refractivity contribution is 6.40. The maximum Gasteiger partial charge on any atom is 0.377 e. The van der Waals surface area contributed by atoms with Gasteiger partial charge in [0.2, 0.25) is 0 Å². The molecule has 4 heteroatoms. The van der Waals surface area contributed by atoms with Crippen LogP contribution in [-0.4, -0.2) is 24.0 Å². The molecule has 0 saturated carbocycles. The lowest BCUT2D eigenvalue weighted by Gasteiger charge is -2.09. The third-order valence-electron chi connectivity index (χ3n) is 2.16. The van der Waals surface area contributed by atoms with E-state index in [0.29, 0.717) is 16.9 Å². The first-order chi connectivity index (χ1) is 6.97. The summed E-state index contributed by atoms with van der Waals surface area (Å²) < 4.78 is 5.01. The molecule has 0 aliphatic carbocycles. The van der Waals surface area contributed by atoms with Crippen LogP contribution in [0.3, 0.4) is 0 Å². The summed E-state index contributed by atoms with van der Waals surface area (Å²) in [5.74, 6) is -1.70. The Kier molecular flexibility index (Phi) is 3.09. The number of aryl methyl sites for hydroxylation is 2. The molecular weight excluding hydrogens is 196 g/mol. The van der Waals surface area contributed by atoms with Crippen LogP contribution in [0, 0.1) is 13.8 Å². The molecule has 80 valence electrons. The van der Waals surface area contributed by atoms with Crippen LogP contribution < -0.4 is 4.74 Å². The topological polar surface area (TPSA) is 63.6 Å². The van der Waals surface area contributed by atoms with Gasteiger partial charge >= 0.3 is 5.97 Å². The number of carbonyl (C=O) groups is 2. The summed E-state index contributed by atoms with van der Waals surface area (Å²) in [6.07, 6.45) is 0. The van der Waals surface area contributed by atoms with E-state index in [1.807, 2.05) is 0 Å². The van der Waals surface area contributed by atoms with Gasteiger partial charge in [0.15, 0.2) is 0 Å². The Labute approximate surface area is 87.5 Å². The second kappa shape index (κ2) is 4.13. The van der Waals surface area contributed by atoms with Crippen LogP contribution in [0.4, 0.5) is 0 Å². The van der Waals surface area contributed by atoms with Crippen molar-refractivity contribution in [2.75, 3.05) is 7.11 Å². The standard InChI is InChI=1S/C11H12O4/c1-6-4-8(15-3)5-7(2)9(6)10(12)11(13)14/h4-5H,1-3H3,(H,13,14). The van der Waals surface area contributed by atoms with E-state index in [2.05, 4.69) is 0 Å². The predicted octanol–water partition coefficient (Wildman–Crippen LogP) is 1.58. The van der Waals surface area contributed by atoms with Crippen LogP contribution in [0.15, 0.2) is 12.1 Å². The van der Waals surface area contributed by atoms with Crippen molar-refractivity contribution in [2.45, 2.75) is 13.8 Å². The van der Waals surface area contributed by atoms with E-state index in [-0.39, 0.29) is 5.56 Å². The van der Waals surface area contributed by atoms with Crippen LogP contribution in [-0.2, 0) is 4.79 Å². The van der Waals surface area contributed by atoms with Crippen molar-refractivity contribution in [2.24, 2.45) is 0 Å². The molecule has 0 aliphatic rings. The Morgan fingerprint density at radius 2 is 1.67 bits per heavy atom. The number of ether oxygens (including phenoxy) is 1. The number of carboxylic acids is 1. The zero-order chi connectivity index (χ0) is 11.6. The lowest BCUT2D eigenvalue weighted by atomic mass is 9.99. The summed E-state index contributed by atoms with van der Waals surface area (Å²) in [4.78, 5) is 21.9. The summed E-state index contributed by atoms with van der Waals surface area (Å²) in [7, 11) is 1.52. The zero-order valence-corrected chi connectivity index (χ0v) is 8.83. The fraction of sp³-hybridized carbons (Fsp3) is 0.273. The van der Waals surface area contributed by atoms with E-state index >= 15 is 0 Å². The third kappa shape index (κ3) is 2.15. The number of aliphatic carboxylic acids is 1. The minimum Gasteiger partial charge on any atom is -0.497 e. The van der Waals surface area contributed by atoms with Gasteiger partial charge < -0.3 is 9.84 Å². The lowest BCUT2D eigenvalue weighted by molar-refractivity contribution is -0.131. The van der Waals surface area contributed by atoms with Gasteiger partial charge in [0.25, 0.3) is 5.78 Å². The Morgan fingerprint density at radius 3 is 2.00 bits per heavy atom. The quantitative estimate of drug-likeness (QED) is 0.605. The molecule has 1 aromatic carbocycles. The molecule has 0 bridgehead atoms. The number of methoxy groups -OCH3 is 1. The molecule has 4 nitrogen and oxygen atoms in total. The van der Waals surface area contributed by atoms with Crippen molar-refractivity contribution in [3.63, 3.8) is 0 Å². The molecule has 0 unspecified atom stereocenters. The molecule has 0 fully saturated rings. The molecule has 0 amide bonds. The Hall–Kier alpha value is -1.84. The predicted molar refractivity (Wildman–Crippen MR) is 54.4 cm³/mol. The summed E-state index contributed by atoms with van der Waals surface area (Å²) >= 11 is 0. The normalized spacial score (nSPS) is 9.80. The molecule has 1 N–H and O–H groups in total. The number of hydrogen-bond acceptors (Lipinski definition) is 3. The molecule has 0 heterocycles. The molecular formula is C11H12O4. The monoisotopic (exact) mass is 208 g/mol. The van der Waals surface area contributed by atoms with E-state index < -0.39 is 11.8 Å². The number of benzene rings is 1. The van der Waals surface area contributed by atoms with Gasteiger partial charge in [-0.3, -0.25) is 4.79 Å². The van der Waals surface area contributed by atoms with Crippen LogP contribution in [0.25, 0.3) is 0 Å². The Bertz CT molecular complexity index is 398. The van der Waals surface area contributed by atoms with Crippen molar-refractivity contribution in [3.8, 4) is 5.75 Å². The van der Waals surface area contributed by atoms with Crippen molar-refractivity contribution < 1.29 is 19.4 Å². The maximum atomic E-state index is 11.3. The average Bonchev–Trinajstić information content (AvgIpc) is 2.16. The number of Topliss-reactive ketones (excluding diaryl/α,β-unsaturated/α-hetero) is 1. The average molecular weight is 208 g/mol. The minimum atomic E-state index is -1.44. The van der Waals surface area contributed by atoms with Gasteiger partial charge in [-0.2, -0.15) is 0 Å². The van der Waals surface area contributed by atoms with Crippen molar-refractivity contribution in [1.29, 1.82) is 0 Å². The van der Waals surface area contributed by atoms with E-state index in [4.69, 9.17) is 9.84 Å². The van der Waals surface area contributed by atoms with Crippen molar-refractivity contribution >= 4 is 11.8 Å². The van der Waals surface area contributed by atoms with Crippen LogP contribution >= 0.6 is 0 Å². The number of carboxylic acid groups (broad SMARTS) is 1. The second-order valence-electron chi connectivity index (χ2n) is 3.27. The van der Waals surface area contributed by atoms with E-state index in [1.165, 1.54) is 7.11 Å². The summed E-state index contributed by atoms with van der Waals surface area (Å²) in [6, 6.07) is 3.28. The number of hydrogen-bond donors (Lipinski definition) is 1. The highest BCUT2D eigenvalue weighted by Gasteiger charge is 2.19. The maximum absolute atomic E-state index is 11.3. The smallest absolute Gasteiger partial charge is 0.377 e. The fourth-order valence-corrected chi connectivity index (χ4v) is 1.51. The number of ketones is 1. The highest BCUT2D eigenvalue weighted by atomic mass is 16.5. The molecule has 0 aromatic heterocycles. The van der Waals surface area contributed by atoms with Crippen molar-refractivity contribution in [3.05, 3.63) is 28.8 Å². The molecule has 15 heavy (non-hydrogen) atoms. The van der Waals surface area contributed by atoms with Gasteiger partial charge in [0, 0.05) is 5.56 Å². The largest absolute Gasteiger partial charge is 0.497 e. The lowest BCUT2D eigenvalue weighted by Crippen LogP contribution is -2.15. The van der Waals surface area contributed by atoms with Gasteiger partial charge in [0.05, 0.1) is 7.11 Å². The molecule has 0 saturated heterocycles. The van der Waals surface area contributed by atoms with Gasteiger partial charge in [-0.05, 0) is 37.1 Å². The molecule has 0 radical (unpaired) electrons.